The summed E-state index contributed by atoms with van der Waals surface area (Å²) in [6, 6.07) is 0.432. The van der Waals surface area contributed by atoms with Crippen LogP contribution in [0.15, 0.2) is 18.2 Å². The largest absolute Gasteiger partial charge is 0.573 e. The highest BCUT2D eigenvalue weighted by molar-refractivity contribution is 5.76. The van der Waals surface area contributed by atoms with E-state index >= 15 is 0 Å². The van der Waals surface area contributed by atoms with Crippen LogP contribution in [0.2, 0.25) is 0 Å². The van der Waals surface area contributed by atoms with Crippen molar-refractivity contribution >= 4 is 12.1 Å². The molecule has 0 bridgehead atoms. The van der Waals surface area contributed by atoms with Crippen LogP contribution >= 0.6 is 0 Å². The van der Waals surface area contributed by atoms with Gasteiger partial charge in [0.15, 0.2) is 0 Å². The molecule has 1 saturated carbocycles. The first-order valence-electron chi connectivity index (χ1n) is 10.5. The summed E-state index contributed by atoms with van der Waals surface area (Å²) in [6.07, 6.45) is -7.17. The number of ether oxygens (including phenoxy) is 1. The van der Waals surface area contributed by atoms with Crippen molar-refractivity contribution in [3.05, 3.63) is 29.6 Å². The summed E-state index contributed by atoms with van der Waals surface area (Å²) in [6.45, 7) is -1.35. The molecule has 1 aromatic carbocycles. The summed E-state index contributed by atoms with van der Waals surface area (Å²) in [7, 11) is 0. The van der Waals surface area contributed by atoms with Crippen molar-refractivity contribution in [1.29, 1.82) is 0 Å². The fourth-order valence-electron chi connectivity index (χ4n) is 3.77. The van der Waals surface area contributed by atoms with Crippen LogP contribution < -0.4 is 15.4 Å². The number of rotatable bonds is 6. The molecule has 4 amide bonds. The number of urea groups is 2. The molecule has 1 aliphatic carbocycles. The van der Waals surface area contributed by atoms with Gasteiger partial charge in [-0.1, -0.05) is 6.07 Å². The summed E-state index contributed by atoms with van der Waals surface area (Å²) in [5, 5.41) is 4.35. The van der Waals surface area contributed by atoms with E-state index in [4.69, 9.17) is 0 Å². The molecule has 190 valence electrons. The summed E-state index contributed by atoms with van der Waals surface area (Å²) in [4.78, 5) is 27.7. The zero-order valence-electron chi connectivity index (χ0n) is 17.8. The third kappa shape index (κ3) is 7.55. The number of hydrogen-bond acceptors (Lipinski definition) is 3. The molecule has 2 fully saturated rings. The molecular weight excluding hydrogens is 477 g/mol. The van der Waals surface area contributed by atoms with Crippen LogP contribution in [-0.2, 0) is 6.54 Å². The number of alkyl halides is 6. The second-order valence-corrected chi connectivity index (χ2v) is 8.11. The van der Waals surface area contributed by atoms with Gasteiger partial charge in [0.05, 0.1) is 6.04 Å². The highest BCUT2D eigenvalue weighted by Crippen LogP contribution is 2.32. The van der Waals surface area contributed by atoms with Crippen molar-refractivity contribution in [2.24, 2.45) is 0 Å². The SMILES string of the molecule is O=C(NCc1ccc(OC(F)(F)F)cc1F)N1CCCC(N(C(=O)NCC(F)(F)F)C2CC2)C1. The molecule has 1 unspecified atom stereocenters. The maximum atomic E-state index is 14.1. The molecule has 1 aliphatic heterocycles. The van der Waals surface area contributed by atoms with Crippen LogP contribution in [0.1, 0.15) is 31.2 Å². The molecule has 0 aromatic heterocycles. The lowest BCUT2D eigenvalue weighted by Gasteiger charge is -2.39. The molecule has 1 atom stereocenters. The molecule has 2 aliphatic rings. The van der Waals surface area contributed by atoms with Gasteiger partial charge in [-0.15, -0.1) is 13.2 Å². The minimum atomic E-state index is -4.97. The van der Waals surface area contributed by atoms with Gasteiger partial charge >= 0.3 is 24.6 Å². The number of carbonyl (C=O) groups excluding carboxylic acids is 2. The van der Waals surface area contributed by atoms with Crippen LogP contribution in [0, 0.1) is 5.82 Å². The summed E-state index contributed by atoms with van der Waals surface area (Å²) in [5.74, 6) is -1.73. The zero-order chi connectivity index (χ0) is 25.1. The molecule has 0 radical (unpaired) electrons. The Morgan fingerprint density at radius 2 is 1.76 bits per heavy atom. The second kappa shape index (κ2) is 10.1. The zero-order valence-corrected chi connectivity index (χ0v) is 17.8. The maximum absolute atomic E-state index is 14.1. The predicted molar refractivity (Wildman–Crippen MR) is 104 cm³/mol. The minimum Gasteiger partial charge on any atom is -0.406 e. The maximum Gasteiger partial charge on any atom is 0.573 e. The number of carbonyl (C=O) groups is 2. The molecule has 2 N–H and O–H groups in total. The van der Waals surface area contributed by atoms with Gasteiger partial charge in [0.25, 0.3) is 0 Å². The van der Waals surface area contributed by atoms with Crippen molar-refractivity contribution in [2.75, 3.05) is 19.6 Å². The number of benzene rings is 1. The van der Waals surface area contributed by atoms with Gasteiger partial charge in [0.1, 0.15) is 18.1 Å². The van der Waals surface area contributed by atoms with Gasteiger partial charge in [-0.3, -0.25) is 0 Å². The van der Waals surface area contributed by atoms with Crippen LogP contribution in [0.3, 0.4) is 0 Å². The van der Waals surface area contributed by atoms with Crippen molar-refractivity contribution in [3.63, 3.8) is 0 Å². The first-order valence-corrected chi connectivity index (χ1v) is 10.5. The smallest absolute Gasteiger partial charge is 0.406 e. The fourth-order valence-corrected chi connectivity index (χ4v) is 3.77. The Bertz CT molecular complexity index is 890. The first kappa shape index (κ1) is 25.7. The van der Waals surface area contributed by atoms with E-state index < -0.39 is 48.8 Å². The van der Waals surface area contributed by atoms with E-state index in [1.54, 1.807) is 0 Å². The van der Waals surface area contributed by atoms with Crippen LogP contribution in [-0.4, -0.2) is 66.1 Å². The van der Waals surface area contributed by atoms with E-state index in [9.17, 15) is 40.3 Å². The molecule has 3 rings (SSSR count). The van der Waals surface area contributed by atoms with Gasteiger partial charge in [-0.2, -0.15) is 13.2 Å². The number of halogens is 7. The standard InChI is InChI=1S/C20H23F7N4O3/c21-16-8-15(34-20(25,26)27)6-3-12(16)9-28-17(32)30-7-1-2-14(10-30)31(13-4-5-13)18(33)29-11-19(22,23)24/h3,6,8,13-14H,1-2,4-5,7,9-11H2,(H,28,32)(H,29,33). The van der Waals surface area contributed by atoms with Gasteiger partial charge in [-0.05, 0) is 31.7 Å². The van der Waals surface area contributed by atoms with E-state index in [-0.39, 0.29) is 24.7 Å². The molecule has 14 heteroatoms. The lowest BCUT2D eigenvalue weighted by atomic mass is 10.0. The summed E-state index contributed by atoms with van der Waals surface area (Å²) in [5.41, 5.74) is -0.0671. The van der Waals surface area contributed by atoms with Gasteiger partial charge in [0.2, 0.25) is 0 Å². The Morgan fingerprint density at radius 1 is 1.06 bits per heavy atom. The van der Waals surface area contributed by atoms with E-state index in [2.05, 4.69) is 10.1 Å². The normalized spacial score (nSPS) is 18.9. The second-order valence-electron chi connectivity index (χ2n) is 8.11. The Kier molecular flexibility index (Phi) is 7.66. The van der Waals surface area contributed by atoms with E-state index in [0.29, 0.717) is 38.3 Å². The summed E-state index contributed by atoms with van der Waals surface area (Å²) >= 11 is 0. The number of amides is 4. The first-order chi connectivity index (χ1) is 15.8. The average Bonchev–Trinajstić information content (AvgIpc) is 3.55. The molecule has 1 saturated heterocycles. The van der Waals surface area contributed by atoms with Crippen LogP contribution in [0.5, 0.6) is 5.75 Å². The molecule has 0 spiro atoms. The van der Waals surface area contributed by atoms with Crippen molar-refractivity contribution in [3.8, 4) is 5.75 Å². The number of nitrogens with zero attached hydrogens (tertiary/aromatic N) is 2. The van der Waals surface area contributed by atoms with Crippen LogP contribution in [0.4, 0.5) is 40.3 Å². The van der Waals surface area contributed by atoms with E-state index in [1.165, 1.54) is 9.80 Å². The molecule has 1 heterocycles. The molecule has 1 aromatic rings. The predicted octanol–water partition coefficient (Wildman–Crippen LogP) is 4.13. The summed E-state index contributed by atoms with van der Waals surface area (Å²) < 4.78 is 91.9. The minimum absolute atomic E-state index is 0.0671. The quantitative estimate of drug-likeness (QED) is 0.577. The number of hydrogen-bond donors (Lipinski definition) is 2. The van der Waals surface area contributed by atoms with Crippen molar-refractivity contribution < 1.29 is 45.1 Å². The molecule has 7 nitrogen and oxygen atoms in total. The van der Waals surface area contributed by atoms with Crippen molar-refractivity contribution in [2.45, 2.75) is 56.9 Å². The average molecular weight is 500 g/mol. The van der Waals surface area contributed by atoms with Crippen LogP contribution in [0.25, 0.3) is 0 Å². The Balaban J connectivity index is 1.56. The Hall–Kier alpha value is -2.93. The lowest BCUT2D eigenvalue weighted by Crippen LogP contribution is -2.56. The Morgan fingerprint density at radius 3 is 2.35 bits per heavy atom. The van der Waals surface area contributed by atoms with E-state index in [0.717, 1.165) is 12.1 Å². The number of nitrogens with one attached hydrogen (secondary N) is 2. The number of piperidine rings is 1. The van der Waals surface area contributed by atoms with Crippen molar-refractivity contribution in [1.82, 2.24) is 20.4 Å². The third-order valence-corrected chi connectivity index (χ3v) is 5.38. The Labute approximate surface area is 190 Å². The highest BCUT2D eigenvalue weighted by atomic mass is 19.4. The highest BCUT2D eigenvalue weighted by Gasteiger charge is 2.41. The van der Waals surface area contributed by atoms with Gasteiger partial charge in [0, 0.05) is 37.3 Å². The lowest BCUT2D eigenvalue weighted by molar-refractivity contribution is -0.274. The van der Waals surface area contributed by atoms with Gasteiger partial charge in [-0.25, -0.2) is 14.0 Å². The van der Waals surface area contributed by atoms with E-state index in [1.807, 2.05) is 5.32 Å². The molecular formula is C20H23F7N4O3. The van der Waals surface area contributed by atoms with Gasteiger partial charge < -0.3 is 25.2 Å². The fraction of sp³-hybridized carbons (Fsp3) is 0.600. The molecule has 34 heavy (non-hydrogen) atoms. The number of likely N-dealkylation sites (tertiary alicyclic amines) is 1. The topological polar surface area (TPSA) is 73.9 Å². The monoisotopic (exact) mass is 500 g/mol. The third-order valence-electron chi connectivity index (χ3n) is 5.38.